The van der Waals surface area contributed by atoms with Gasteiger partial charge in [-0.25, -0.2) is 4.68 Å². The number of nitrogens with one attached hydrogen (secondary N) is 1. The number of amides is 2. The van der Waals surface area contributed by atoms with Crippen molar-refractivity contribution >= 4 is 17.5 Å². The molecule has 6 heteroatoms. The molecule has 0 saturated carbocycles. The Bertz CT molecular complexity index is 1050. The molecule has 0 fully saturated rings. The van der Waals surface area contributed by atoms with E-state index in [1.165, 1.54) is 4.90 Å². The molecule has 0 atom stereocenters. The molecule has 0 spiro atoms. The molecule has 0 bridgehead atoms. The maximum absolute atomic E-state index is 12.7. The van der Waals surface area contributed by atoms with Crippen LogP contribution < -0.4 is 5.32 Å². The molecular weight excluding hydrogens is 364 g/mol. The first-order valence-electron chi connectivity index (χ1n) is 9.51. The summed E-state index contributed by atoms with van der Waals surface area (Å²) in [5.41, 5.74) is 6.29. The predicted molar refractivity (Wildman–Crippen MR) is 115 cm³/mol. The van der Waals surface area contributed by atoms with Gasteiger partial charge in [-0.15, -0.1) is 0 Å². The van der Waals surface area contributed by atoms with E-state index in [0.29, 0.717) is 5.56 Å². The van der Waals surface area contributed by atoms with Gasteiger partial charge < -0.3 is 10.2 Å². The fourth-order valence-electron chi connectivity index (χ4n) is 3.22. The van der Waals surface area contributed by atoms with Crippen molar-refractivity contribution in [2.75, 3.05) is 18.9 Å². The van der Waals surface area contributed by atoms with Crippen molar-refractivity contribution in [2.45, 2.75) is 27.7 Å². The van der Waals surface area contributed by atoms with Crippen LogP contribution in [0.2, 0.25) is 0 Å². The van der Waals surface area contributed by atoms with Crippen molar-refractivity contribution in [3.8, 4) is 5.69 Å². The summed E-state index contributed by atoms with van der Waals surface area (Å²) in [5, 5.41) is 7.33. The molecule has 1 N–H and O–H groups in total. The van der Waals surface area contributed by atoms with Crippen molar-refractivity contribution < 1.29 is 9.59 Å². The molecule has 2 amide bonds. The van der Waals surface area contributed by atoms with E-state index in [1.807, 2.05) is 68.8 Å². The normalized spacial score (nSPS) is 10.7. The molecule has 29 heavy (non-hydrogen) atoms. The molecule has 0 aliphatic heterocycles. The van der Waals surface area contributed by atoms with Crippen molar-refractivity contribution in [3.63, 3.8) is 0 Å². The molecule has 3 rings (SSSR count). The van der Waals surface area contributed by atoms with Gasteiger partial charge in [-0.1, -0.05) is 12.1 Å². The van der Waals surface area contributed by atoms with Crippen molar-refractivity contribution in [2.24, 2.45) is 0 Å². The fourth-order valence-corrected chi connectivity index (χ4v) is 3.22. The molecule has 0 unspecified atom stereocenters. The average molecular weight is 390 g/mol. The van der Waals surface area contributed by atoms with Crippen LogP contribution in [0.4, 0.5) is 5.69 Å². The number of aryl methyl sites for hydroxylation is 3. The Balaban J connectivity index is 1.66. The van der Waals surface area contributed by atoms with Gasteiger partial charge in [0.1, 0.15) is 0 Å². The predicted octanol–water partition coefficient (Wildman–Crippen LogP) is 3.82. The molecular formula is C23H26N4O2. The SMILES string of the molecule is Cc1cc(C)n(-c2ccc(C(=O)N(C)CC(=O)Nc3cccc(C)c3C)cc2)n1. The molecule has 3 aromatic rings. The first-order chi connectivity index (χ1) is 13.8. The number of hydrogen-bond acceptors (Lipinski definition) is 3. The second kappa shape index (κ2) is 8.31. The lowest BCUT2D eigenvalue weighted by Crippen LogP contribution is -2.35. The number of carbonyl (C=O) groups is 2. The van der Waals surface area contributed by atoms with E-state index in [9.17, 15) is 9.59 Å². The van der Waals surface area contributed by atoms with E-state index >= 15 is 0 Å². The van der Waals surface area contributed by atoms with Crippen molar-refractivity contribution in [1.29, 1.82) is 0 Å². The summed E-state index contributed by atoms with van der Waals surface area (Å²) in [5.74, 6) is -0.435. The lowest BCUT2D eigenvalue weighted by molar-refractivity contribution is -0.116. The van der Waals surface area contributed by atoms with Crippen LogP contribution in [0.15, 0.2) is 48.5 Å². The Labute approximate surface area is 171 Å². The number of likely N-dealkylation sites (N-methyl/N-ethyl adjacent to an activating group) is 1. The van der Waals surface area contributed by atoms with Crippen LogP contribution >= 0.6 is 0 Å². The van der Waals surface area contributed by atoms with Gasteiger partial charge in [-0.2, -0.15) is 5.10 Å². The summed E-state index contributed by atoms with van der Waals surface area (Å²) >= 11 is 0. The smallest absolute Gasteiger partial charge is 0.254 e. The zero-order valence-corrected chi connectivity index (χ0v) is 17.5. The van der Waals surface area contributed by atoms with Gasteiger partial charge in [-0.3, -0.25) is 9.59 Å². The highest BCUT2D eigenvalue weighted by atomic mass is 16.2. The molecule has 2 aromatic carbocycles. The molecule has 0 aliphatic carbocycles. The number of carbonyl (C=O) groups excluding carboxylic acids is 2. The summed E-state index contributed by atoms with van der Waals surface area (Å²) < 4.78 is 1.84. The minimum Gasteiger partial charge on any atom is -0.332 e. The van der Waals surface area contributed by atoms with E-state index in [1.54, 1.807) is 19.2 Å². The summed E-state index contributed by atoms with van der Waals surface area (Å²) in [6, 6.07) is 15.0. The first kappa shape index (κ1) is 20.3. The summed E-state index contributed by atoms with van der Waals surface area (Å²) in [7, 11) is 1.62. The highest BCUT2D eigenvalue weighted by Gasteiger charge is 2.16. The van der Waals surface area contributed by atoms with E-state index in [0.717, 1.165) is 33.9 Å². The number of benzene rings is 2. The van der Waals surface area contributed by atoms with Gasteiger partial charge in [-0.05, 0) is 75.2 Å². The van der Waals surface area contributed by atoms with Crippen LogP contribution in [0.5, 0.6) is 0 Å². The van der Waals surface area contributed by atoms with Gasteiger partial charge in [0.25, 0.3) is 5.91 Å². The lowest BCUT2D eigenvalue weighted by Gasteiger charge is -2.18. The van der Waals surface area contributed by atoms with Crippen LogP contribution in [0.25, 0.3) is 5.69 Å². The Morgan fingerprint density at radius 1 is 1.03 bits per heavy atom. The maximum Gasteiger partial charge on any atom is 0.254 e. The van der Waals surface area contributed by atoms with Gasteiger partial charge >= 0.3 is 0 Å². The largest absolute Gasteiger partial charge is 0.332 e. The highest BCUT2D eigenvalue weighted by molar-refractivity contribution is 5.99. The summed E-state index contributed by atoms with van der Waals surface area (Å²) in [4.78, 5) is 26.5. The van der Waals surface area contributed by atoms with Crippen LogP contribution in [0.3, 0.4) is 0 Å². The topological polar surface area (TPSA) is 67.2 Å². The van der Waals surface area contributed by atoms with E-state index in [4.69, 9.17) is 0 Å². The van der Waals surface area contributed by atoms with Crippen LogP contribution in [0, 0.1) is 27.7 Å². The molecule has 6 nitrogen and oxygen atoms in total. The third kappa shape index (κ3) is 4.54. The first-order valence-corrected chi connectivity index (χ1v) is 9.51. The van der Waals surface area contributed by atoms with E-state index < -0.39 is 0 Å². The molecule has 1 heterocycles. The van der Waals surface area contributed by atoms with Crippen LogP contribution in [-0.4, -0.2) is 40.1 Å². The lowest BCUT2D eigenvalue weighted by atomic mass is 10.1. The minimum atomic E-state index is -0.228. The molecule has 1 aromatic heterocycles. The van der Waals surface area contributed by atoms with Gasteiger partial charge in [0.2, 0.25) is 5.91 Å². The summed E-state index contributed by atoms with van der Waals surface area (Å²) in [6.45, 7) is 7.87. The van der Waals surface area contributed by atoms with Crippen molar-refractivity contribution in [3.05, 3.63) is 76.6 Å². The Morgan fingerprint density at radius 2 is 1.72 bits per heavy atom. The van der Waals surface area contributed by atoms with Gasteiger partial charge in [0, 0.05) is 24.0 Å². The zero-order valence-electron chi connectivity index (χ0n) is 17.5. The quantitative estimate of drug-likeness (QED) is 0.720. The fraction of sp³-hybridized carbons (Fsp3) is 0.261. The van der Waals surface area contributed by atoms with Crippen LogP contribution in [-0.2, 0) is 4.79 Å². The van der Waals surface area contributed by atoms with E-state index in [-0.39, 0.29) is 18.4 Å². The minimum absolute atomic E-state index is 0.0224. The second-order valence-corrected chi connectivity index (χ2v) is 7.34. The van der Waals surface area contributed by atoms with Crippen molar-refractivity contribution in [1.82, 2.24) is 14.7 Å². The number of nitrogens with zero attached hydrogens (tertiary/aromatic N) is 3. The van der Waals surface area contributed by atoms with Gasteiger partial charge in [0.15, 0.2) is 0 Å². The molecule has 0 aliphatic rings. The Kier molecular flexibility index (Phi) is 5.82. The molecule has 0 saturated heterocycles. The summed E-state index contributed by atoms with van der Waals surface area (Å²) in [6.07, 6.45) is 0. The Hall–Kier alpha value is -3.41. The van der Waals surface area contributed by atoms with Crippen LogP contribution in [0.1, 0.15) is 32.9 Å². The maximum atomic E-state index is 12.7. The monoisotopic (exact) mass is 390 g/mol. The van der Waals surface area contributed by atoms with E-state index in [2.05, 4.69) is 10.4 Å². The highest BCUT2D eigenvalue weighted by Crippen LogP contribution is 2.18. The zero-order chi connectivity index (χ0) is 21.1. The number of hydrogen-bond donors (Lipinski definition) is 1. The number of rotatable bonds is 5. The second-order valence-electron chi connectivity index (χ2n) is 7.34. The third-order valence-corrected chi connectivity index (χ3v) is 4.97. The van der Waals surface area contributed by atoms with Gasteiger partial charge in [0.05, 0.1) is 17.9 Å². The average Bonchev–Trinajstić information content (AvgIpc) is 3.03. The molecule has 0 radical (unpaired) electrons. The Morgan fingerprint density at radius 3 is 2.34 bits per heavy atom. The number of anilines is 1. The molecule has 150 valence electrons. The number of aromatic nitrogens is 2. The standard InChI is InChI=1S/C23H26N4O2/c1-15-7-6-8-21(18(15)4)24-22(28)14-26(5)23(29)19-9-11-20(12-10-19)27-17(3)13-16(2)25-27/h6-13H,14H2,1-5H3,(H,24,28). The third-order valence-electron chi connectivity index (χ3n) is 4.97.